The molecule has 25 heavy (non-hydrogen) atoms. The molecule has 1 aromatic carbocycles. The van der Waals surface area contributed by atoms with Crippen molar-refractivity contribution in [3.05, 3.63) is 35.4 Å². The molecule has 1 unspecified atom stereocenters. The third-order valence-corrected chi connectivity index (χ3v) is 4.38. The van der Waals surface area contributed by atoms with Crippen LogP contribution in [0.15, 0.2) is 24.3 Å². The van der Waals surface area contributed by atoms with Gasteiger partial charge in [0.1, 0.15) is 6.04 Å². The average molecular weight is 368 g/mol. The van der Waals surface area contributed by atoms with Crippen molar-refractivity contribution in [1.82, 2.24) is 10.2 Å². The topological polar surface area (TPSA) is 75.4 Å². The lowest BCUT2D eigenvalue weighted by atomic mass is 9.92. The molecule has 0 fully saturated rings. The second-order valence-electron chi connectivity index (χ2n) is 6.90. The van der Waals surface area contributed by atoms with E-state index in [2.05, 4.69) is 5.32 Å². The molecule has 5 nitrogen and oxygen atoms in total. The van der Waals surface area contributed by atoms with Gasteiger partial charge in [0, 0.05) is 25.9 Å². The third-order valence-electron chi connectivity index (χ3n) is 4.38. The highest BCUT2D eigenvalue weighted by atomic mass is 35.5. The van der Waals surface area contributed by atoms with Gasteiger partial charge in [-0.05, 0) is 36.4 Å². The molecule has 3 N–H and O–H groups in total. The number of benzene rings is 1. The Bertz CT molecular complexity index is 578. The monoisotopic (exact) mass is 367 g/mol. The molecule has 140 valence electrons. The Morgan fingerprint density at radius 2 is 1.92 bits per heavy atom. The summed E-state index contributed by atoms with van der Waals surface area (Å²) >= 11 is 0. The van der Waals surface area contributed by atoms with E-state index in [1.165, 1.54) is 0 Å². The number of unbranched alkanes of at least 4 members (excludes halogenated alkanes) is 1. The van der Waals surface area contributed by atoms with Crippen molar-refractivity contribution in [3.63, 3.8) is 0 Å². The van der Waals surface area contributed by atoms with E-state index in [4.69, 9.17) is 5.73 Å². The Balaban J connectivity index is 0.00000312. The van der Waals surface area contributed by atoms with Crippen LogP contribution in [0.3, 0.4) is 0 Å². The number of hydrogen-bond acceptors (Lipinski definition) is 3. The molecule has 1 aliphatic rings. The Hall–Kier alpha value is -1.59. The van der Waals surface area contributed by atoms with Gasteiger partial charge in [-0.25, -0.2) is 0 Å². The lowest BCUT2D eigenvalue weighted by Gasteiger charge is -2.36. The Kier molecular flexibility index (Phi) is 8.93. The van der Waals surface area contributed by atoms with Gasteiger partial charge in [-0.1, -0.05) is 38.1 Å². The molecular weight excluding hydrogens is 338 g/mol. The highest BCUT2D eigenvalue weighted by molar-refractivity contribution is 5.88. The van der Waals surface area contributed by atoms with Crippen LogP contribution in [0, 0.1) is 5.92 Å². The smallest absolute Gasteiger partial charge is 0.243 e. The molecule has 0 saturated heterocycles. The summed E-state index contributed by atoms with van der Waals surface area (Å²) in [6.07, 6.45) is 2.82. The quantitative estimate of drug-likeness (QED) is 0.726. The minimum atomic E-state index is -0.413. The maximum Gasteiger partial charge on any atom is 0.243 e. The Labute approximate surface area is 156 Å². The number of nitrogens with one attached hydrogen (secondary N) is 1. The summed E-state index contributed by atoms with van der Waals surface area (Å²) in [5, 5.41) is 2.97. The van der Waals surface area contributed by atoms with E-state index in [0.29, 0.717) is 32.5 Å². The first kappa shape index (κ1) is 21.5. The van der Waals surface area contributed by atoms with Gasteiger partial charge in [-0.15, -0.1) is 12.4 Å². The first-order valence-electron chi connectivity index (χ1n) is 8.87. The molecule has 1 atom stereocenters. The number of nitrogens with zero attached hydrogens (tertiary/aromatic N) is 1. The molecular formula is C19H30ClN3O2. The second kappa shape index (κ2) is 10.4. The largest absolute Gasteiger partial charge is 0.354 e. The fraction of sp³-hybridized carbons (Fsp3) is 0.579. The number of halogens is 1. The number of fused-ring (bicyclic) bond motifs is 1. The van der Waals surface area contributed by atoms with Crippen LogP contribution in [-0.4, -0.2) is 35.8 Å². The molecule has 0 spiro atoms. The molecule has 2 amide bonds. The van der Waals surface area contributed by atoms with Crippen LogP contribution < -0.4 is 11.1 Å². The van der Waals surface area contributed by atoms with Gasteiger partial charge in [0.15, 0.2) is 0 Å². The van der Waals surface area contributed by atoms with Gasteiger partial charge in [0.25, 0.3) is 0 Å². The maximum atomic E-state index is 12.6. The number of carbonyl (C=O) groups excluding carboxylic acids is 2. The third kappa shape index (κ3) is 6.01. The zero-order valence-corrected chi connectivity index (χ0v) is 16.0. The van der Waals surface area contributed by atoms with Crippen LogP contribution in [-0.2, 0) is 22.6 Å². The van der Waals surface area contributed by atoms with Crippen molar-refractivity contribution in [1.29, 1.82) is 0 Å². The molecule has 2 rings (SSSR count). The zero-order valence-electron chi connectivity index (χ0n) is 15.2. The van der Waals surface area contributed by atoms with Gasteiger partial charge in [-0.3, -0.25) is 9.59 Å². The van der Waals surface area contributed by atoms with E-state index in [-0.39, 0.29) is 30.1 Å². The molecule has 1 heterocycles. The van der Waals surface area contributed by atoms with E-state index >= 15 is 0 Å². The van der Waals surface area contributed by atoms with Crippen molar-refractivity contribution in [2.45, 2.75) is 52.1 Å². The van der Waals surface area contributed by atoms with Gasteiger partial charge in [0.2, 0.25) is 11.8 Å². The molecule has 0 aliphatic carbocycles. The van der Waals surface area contributed by atoms with Crippen molar-refractivity contribution in [2.75, 3.05) is 13.1 Å². The number of hydrogen-bond donors (Lipinski definition) is 2. The minimum absolute atomic E-state index is 0. The van der Waals surface area contributed by atoms with Gasteiger partial charge < -0.3 is 16.0 Å². The average Bonchev–Trinajstić information content (AvgIpc) is 2.56. The van der Waals surface area contributed by atoms with Crippen LogP contribution in [0.1, 0.15) is 44.2 Å². The number of rotatable bonds is 7. The van der Waals surface area contributed by atoms with Crippen molar-refractivity contribution in [2.24, 2.45) is 11.7 Å². The van der Waals surface area contributed by atoms with Crippen molar-refractivity contribution >= 4 is 24.2 Å². The second-order valence-corrected chi connectivity index (χ2v) is 6.90. The number of nitrogens with two attached hydrogens (primary N) is 1. The normalized spacial score (nSPS) is 16.2. The van der Waals surface area contributed by atoms with Gasteiger partial charge in [0.05, 0.1) is 0 Å². The molecule has 0 saturated carbocycles. The molecule has 1 aromatic rings. The molecule has 1 aliphatic heterocycles. The number of amides is 2. The fourth-order valence-electron chi connectivity index (χ4n) is 3.08. The number of carbonyl (C=O) groups is 2. The Morgan fingerprint density at radius 3 is 2.56 bits per heavy atom. The summed E-state index contributed by atoms with van der Waals surface area (Å²) in [5.74, 6) is 0.281. The predicted octanol–water partition coefficient (Wildman–Crippen LogP) is 2.26. The van der Waals surface area contributed by atoms with Crippen molar-refractivity contribution in [3.8, 4) is 0 Å². The van der Waals surface area contributed by atoms with Crippen LogP contribution >= 0.6 is 12.4 Å². The summed E-state index contributed by atoms with van der Waals surface area (Å²) in [6.45, 7) is 5.81. The molecule has 0 aromatic heterocycles. The predicted molar refractivity (Wildman–Crippen MR) is 102 cm³/mol. The van der Waals surface area contributed by atoms with E-state index in [1.54, 1.807) is 4.90 Å². The van der Waals surface area contributed by atoms with E-state index in [0.717, 1.165) is 24.0 Å². The van der Waals surface area contributed by atoms with Crippen LogP contribution in [0.2, 0.25) is 0 Å². The fourth-order valence-corrected chi connectivity index (χ4v) is 3.08. The first-order chi connectivity index (χ1) is 11.5. The van der Waals surface area contributed by atoms with Crippen LogP contribution in [0.4, 0.5) is 0 Å². The SMILES string of the molecule is CC(C)CC(=O)N1Cc2ccccc2CC1C(=O)NCCCCN.Cl. The lowest BCUT2D eigenvalue weighted by molar-refractivity contribution is -0.142. The summed E-state index contributed by atoms with van der Waals surface area (Å²) < 4.78 is 0. The van der Waals surface area contributed by atoms with Crippen LogP contribution in [0.25, 0.3) is 0 Å². The summed E-state index contributed by atoms with van der Waals surface area (Å²) in [7, 11) is 0. The summed E-state index contributed by atoms with van der Waals surface area (Å²) in [4.78, 5) is 27.0. The summed E-state index contributed by atoms with van der Waals surface area (Å²) in [5.41, 5.74) is 7.78. The molecule has 6 heteroatoms. The van der Waals surface area contributed by atoms with Gasteiger partial charge in [-0.2, -0.15) is 0 Å². The minimum Gasteiger partial charge on any atom is -0.354 e. The van der Waals surface area contributed by atoms with Gasteiger partial charge >= 0.3 is 0 Å². The molecule has 0 bridgehead atoms. The molecule has 0 radical (unpaired) electrons. The maximum absolute atomic E-state index is 12.6. The van der Waals surface area contributed by atoms with Crippen molar-refractivity contribution < 1.29 is 9.59 Å². The highest BCUT2D eigenvalue weighted by Gasteiger charge is 2.34. The lowest BCUT2D eigenvalue weighted by Crippen LogP contribution is -2.52. The standard InChI is InChI=1S/C19H29N3O2.ClH/c1-14(2)11-18(23)22-13-16-8-4-3-7-15(16)12-17(22)19(24)21-10-6-5-9-20;/h3-4,7-8,14,17H,5-6,9-13,20H2,1-2H3,(H,21,24);1H. The zero-order chi connectivity index (χ0) is 17.5. The Morgan fingerprint density at radius 1 is 1.24 bits per heavy atom. The van der Waals surface area contributed by atoms with E-state index < -0.39 is 6.04 Å². The summed E-state index contributed by atoms with van der Waals surface area (Å²) in [6, 6.07) is 7.65. The van der Waals surface area contributed by atoms with E-state index in [1.807, 2.05) is 38.1 Å². The first-order valence-corrected chi connectivity index (χ1v) is 8.87. The van der Waals surface area contributed by atoms with Crippen LogP contribution in [0.5, 0.6) is 0 Å². The highest BCUT2D eigenvalue weighted by Crippen LogP contribution is 2.25. The van der Waals surface area contributed by atoms with E-state index in [9.17, 15) is 9.59 Å².